The van der Waals surface area contributed by atoms with Crippen LogP contribution in [0, 0.1) is 6.92 Å². The number of aryl methyl sites for hydroxylation is 1. The molecule has 2 aliphatic heterocycles. The molecule has 0 radical (unpaired) electrons. The molecule has 2 aliphatic rings. The summed E-state index contributed by atoms with van der Waals surface area (Å²) in [5.74, 6) is -0.872. The van der Waals surface area contributed by atoms with E-state index in [9.17, 15) is 28.8 Å². The van der Waals surface area contributed by atoms with E-state index in [4.69, 9.17) is 14.2 Å². The van der Waals surface area contributed by atoms with Crippen LogP contribution in [0.4, 0.5) is 16.2 Å². The van der Waals surface area contributed by atoms with Gasteiger partial charge < -0.3 is 34.2 Å². The summed E-state index contributed by atoms with van der Waals surface area (Å²) in [4.78, 5) is 88.0. The molecular formula is C50H56N6O9. The summed E-state index contributed by atoms with van der Waals surface area (Å²) >= 11 is 0. The number of anilines is 2. The van der Waals surface area contributed by atoms with Crippen LogP contribution in [0.15, 0.2) is 84.9 Å². The highest BCUT2D eigenvalue weighted by Gasteiger charge is 2.37. The number of carbonyl (C=O) groups excluding carboxylic acids is 6. The number of methoxy groups -OCH3 is 1. The summed E-state index contributed by atoms with van der Waals surface area (Å²) in [6, 6.07) is 23.4. The number of nitrogens with zero attached hydrogens (tertiary/aromatic N) is 5. The minimum absolute atomic E-state index is 0.196. The van der Waals surface area contributed by atoms with Crippen molar-refractivity contribution < 1.29 is 43.0 Å². The maximum atomic E-state index is 14.1. The molecule has 0 aliphatic carbocycles. The number of hydrogen-bond acceptors (Lipinski definition) is 10. The third-order valence-electron chi connectivity index (χ3n) is 11.6. The summed E-state index contributed by atoms with van der Waals surface area (Å²) < 4.78 is 18.9. The molecule has 0 saturated carbocycles. The van der Waals surface area contributed by atoms with Crippen LogP contribution in [0.5, 0.6) is 11.5 Å². The smallest absolute Gasteiger partial charge is 0.419 e. The molecule has 5 amide bonds. The molecule has 15 heteroatoms. The summed E-state index contributed by atoms with van der Waals surface area (Å²) in [6.45, 7) is 10.7. The molecule has 3 heterocycles. The summed E-state index contributed by atoms with van der Waals surface area (Å²) in [5, 5.41) is 3.27. The molecule has 340 valence electrons. The molecule has 1 fully saturated rings. The van der Waals surface area contributed by atoms with Gasteiger partial charge in [0.1, 0.15) is 17.1 Å². The summed E-state index contributed by atoms with van der Waals surface area (Å²) in [5.41, 5.74) is 2.60. The average molecular weight is 885 g/mol. The molecule has 0 bridgehead atoms. The van der Waals surface area contributed by atoms with Gasteiger partial charge in [0.05, 0.1) is 54.0 Å². The van der Waals surface area contributed by atoms with Gasteiger partial charge in [-0.2, -0.15) is 0 Å². The minimum Gasteiger partial charge on any atom is -0.495 e. The number of imide groups is 1. The first-order valence-corrected chi connectivity index (χ1v) is 21.8. The molecule has 4 aromatic carbocycles. The van der Waals surface area contributed by atoms with Gasteiger partial charge in [0.25, 0.3) is 23.6 Å². The third-order valence-corrected chi connectivity index (χ3v) is 11.6. The van der Waals surface area contributed by atoms with Gasteiger partial charge in [-0.3, -0.25) is 28.9 Å². The lowest BCUT2D eigenvalue weighted by atomic mass is 10.1. The number of unbranched alkanes of at least 4 members (excludes halogenated alkanes) is 2. The first-order valence-electron chi connectivity index (χ1n) is 21.8. The summed E-state index contributed by atoms with van der Waals surface area (Å²) in [6.07, 6.45) is 2.16. The second-order valence-electron chi connectivity index (χ2n) is 17.5. The number of hydrogen-bond donors (Lipinski definition) is 1. The molecular weight excluding hydrogens is 829 g/mol. The number of piperazine rings is 1. The van der Waals surface area contributed by atoms with Crippen molar-refractivity contribution in [1.29, 1.82) is 0 Å². The van der Waals surface area contributed by atoms with E-state index < -0.39 is 29.4 Å². The first kappa shape index (κ1) is 46.0. The topological polar surface area (TPSA) is 160 Å². The normalized spacial score (nSPS) is 14.1. The van der Waals surface area contributed by atoms with Gasteiger partial charge in [-0.05, 0) is 120 Å². The van der Waals surface area contributed by atoms with Crippen LogP contribution in [-0.4, -0.2) is 114 Å². The predicted octanol–water partition coefficient (Wildman–Crippen LogP) is 7.78. The molecule has 5 aromatic rings. The monoisotopic (exact) mass is 884 g/mol. The Bertz CT molecular complexity index is 2620. The van der Waals surface area contributed by atoms with Crippen LogP contribution in [0.25, 0.3) is 10.9 Å². The van der Waals surface area contributed by atoms with Crippen LogP contribution in [0.3, 0.4) is 0 Å². The molecule has 7 rings (SSSR count). The van der Waals surface area contributed by atoms with E-state index >= 15 is 0 Å². The maximum Gasteiger partial charge on any atom is 0.419 e. The summed E-state index contributed by atoms with van der Waals surface area (Å²) in [7, 11) is 5.17. The Balaban J connectivity index is 1.05. The Morgan fingerprint density at radius 3 is 2.18 bits per heavy atom. The van der Waals surface area contributed by atoms with Crippen LogP contribution in [-0.2, 0) is 16.1 Å². The second kappa shape index (κ2) is 19.4. The standard InChI is InChI=1S/C50H56N6O9/c1-32-19-22-41(43(28-32)64-27-12-8-9-18-44(57)54-25-23-52(5)24-26-54)53(6)46(59)33-20-21-39(42(29-33)63-7)51-45(58)35-16-13-17-40-38(35)30-34(56(40)49(62)65-50(2,3)4)31-55-47(60)36-14-10-11-15-37(36)48(55)61/h10-11,13-17,19-22,28-30H,8-9,12,18,23-27,31H2,1-7H3,(H,51,58). The number of benzene rings is 4. The Labute approximate surface area is 378 Å². The van der Waals surface area contributed by atoms with E-state index in [0.29, 0.717) is 40.9 Å². The number of amides is 5. The fraction of sp³-hybridized carbons (Fsp3) is 0.360. The van der Waals surface area contributed by atoms with Crippen molar-refractivity contribution in [1.82, 2.24) is 19.3 Å². The zero-order valence-corrected chi connectivity index (χ0v) is 38.1. The molecule has 15 nitrogen and oxygen atoms in total. The van der Waals surface area contributed by atoms with E-state index in [1.807, 2.05) is 30.0 Å². The van der Waals surface area contributed by atoms with E-state index in [1.165, 1.54) is 16.6 Å². The van der Waals surface area contributed by atoms with Gasteiger partial charge in [-0.25, -0.2) is 9.36 Å². The second-order valence-corrected chi connectivity index (χ2v) is 17.5. The van der Waals surface area contributed by atoms with Crippen molar-refractivity contribution >= 4 is 57.9 Å². The van der Waals surface area contributed by atoms with Crippen molar-refractivity contribution in [2.24, 2.45) is 0 Å². The van der Waals surface area contributed by atoms with Gasteiger partial charge in [0.2, 0.25) is 5.91 Å². The zero-order valence-electron chi connectivity index (χ0n) is 38.1. The quantitative estimate of drug-likeness (QED) is 0.0862. The van der Waals surface area contributed by atoms with Crippen molar-refractivity contribution in [3.05, 3.63) is 118 Å². The highest BCUT2D eigenvalue weighted by molar-refractivity contribution is 6.21. The lowest BCUT2D eigenvalue weighted by Gasteiger charge is -2.32. The van der Waals surface area contributed by atoms with Crippen molar-refractivity contribution in [3.8, 4) is 11.5 Å². The fourth-order valence-corrected chi connectivity index (χ4v) is 8.05. The van der Waals surface area contributed by atoms with Crippen molar-refractivity contribution in [3.63, 3.8) is 0 Å². The molecule has 0 unspecified atom stereocenters. The molecule has 0 atom stereocenters. The number of nitrogens with one attached hydrogen (secondary N) is 1. The number of carbonyl (C=O) groups is 6. The van der Waals surface area contributed by atoms with Gasteiger partial charge >= 0.3 is 6.09 Å². The van der Waals surface area contributed by atoms with E-state index in [-0.39, 0.29) is 52.2 Å². The van der Waals surface area contributed by atoms with E-state index in [2.05, 4.69) is 17.3 Å². The SMILES string of the molecule is COc1cc(C(=O)N(C)c2ccc(C)cc2OCCCCCC(=O)N2CCN(C)CC2)ccc1NC(=O)c1cccc2c1cc(CN1C(=O)c3ccccc3C1=O)n2C(=O)OC(C)(C)C. The highest BCUT2D eigenvalue weighted by atomic mass is 16.6. The van der Waals surface area contributed by atoms with Gasteiger partial charge in [-0.1, -0.05) is 24.3 Å². The minimum atomic E-state index is -0.876. The van der Waals surface area contributed by atoms with E-state index in [0.717, 1.165) is 55.9 Å². The molecule has 1 saturated heterocycles. The first-order chi connectivity index (χ1) is 31.0. The fourth-order valence-electron chi connectivity index (χ4n) is 8.05. The number of fused-ring (bicyclic) bond motifs is 2. The van der Waals surface area contributed by atoms with Crippen LogP contribution in [0.1, 0.15) is 99.1 Å². The average Bonchev–Trinajstić information content (AvgIpc) is 3.77. The van der Waals surface area contributed by atoms with E-state index in [1.54, 1.807) is 94.5 Å². The highest BCUT2D eigenvalue weighted by Crippen LogP contribution is 2.34. The number of ether oxygens (including phenoxy) is 3. The molecule has 65 heavy (non-hydrogen) atoms. The Hall–Kier alpha value is -7.00. The molecule has 0 spiro atoms. The number of rotatable bonds is 14. The Morgan fingerprint density at radius 1 is 0.800 bits per heavy atom. The Kier molecular flexibility index (Phi) is 13.7. The predicted molar refractivity (Wildman–Crippen MR) is 247 cm³/mol. The van der Waals surface area contributed by atoms with Crippen LogP contribution in [0.2, 0.25) is 0 Å². The largest absolute Gasteiger partial charge is 0.495 e. The van der Waals surface area contributed by atoms with Crippen molar-refractivity contribution in [2.45, 2.75) is 65.5 Å². The zero-order chi connectivity index (χ0) is 46.6. The van der Waals surface area contributed by atoms with Gasteiger partial charge in [-0.15, -0.1) is 0 Å². The van der Waals surface area contributed by atoms with Gasteiger partial charge in [0, 0.05) is 56.2 Å². The van der Waals surface area contributed by atoms with Crippen LogP contribution < -0.4 is 19.7 Å². The lowest BCUT2D eigenvalue weighted by molar-refractivity contribution is -0.132. The van der Waals surface area contributed by atoms with Crippen molar-refractivity contribution in [2.75, 3.05) is 64.2 Å². The Morgan fingerprint density at radius 2 is 1.51 bits per heavy atom. The molecule has 1 aromatic heterocycles. The molecule has 1 N–H and O–H groups in total. The van der Waals surface area contributed by atoms with Gasteiger partial charge in [0.15, 0.2) is 0 Å². The third kappa shape index (κ3) is 10.2. The maximum absolute atomic E-state index is 14.1. The lowest BCUT2D eigenvalue weighted by Crippen LogP contribution is -2.47. The van der Waals surface area contributed by atoms with Crippen LogP contribution >= 0.6 is 0 Å². The number of likely N-dealkylation sites (N-methyl/N-ethyl adjacent to an activating group) is 1. The number of aromatic nitrogens is 1.